The minimum absolute atomic E-state index is 0.114. The fourth-order valence-corrected chi connectivity index (χ4v) is 2.57. The van der Waals surface area contributed by atoms with Gasteiger partial charge >= 0.3 is 0 Å². The lowest BCUT2D eigenvalue weighted by Crippen LogP contribution is -2.48. The summed E-state index contributed by atoms with van der Waals surface area (Å²) < 4.78 is 0. The van der Waals surface area contributed by atoms with Crippen LogP contribution in [0.25, 0.3) is 0 Å². The highest BCUT2D eigenvalue weighted by Gasteiger charge is 2.20. The van der Waals surface area contributed by atoms with Gasteiger partial charge in [0.25, 0.3) is 5.56 Å². The number of benzene rings is 1. The third kappa shape index (κ3) is 2.52. The molecule has 0 radical (unpaired) electrons. The maximum absolute atomic E-state index is 11.7. The van der Waals surface area contributed by atoms with Crippen LogP contribution in [-0.4, -0.2) is 36.1 Å². The molecule has 5 nitrogen and oxygen atoms in total. The summed E-state index contributed by atoms with van der Waals surface area (Å²) in [6, 6.07) is 8.52. The van der Waals surface area contributed by atoms with Gasteiger partial charge in [0.15, 0.2) is 5.82 Å². The fraction of sp³-hybridized carbons (Fsp3) is 0.333. The van der Waals surface area contributed by atoms with Crippen molar-refractivity contribution in [1.29, 1.82) is 0 Å². The average Bonchev–Trinajstić information content (AvgIpc) is 2.48. The summed E-state index contributed by atoms with van der Waals surface area (Å²) >= 11 is 0. The number of piperazine rings is 1. The molecule has 0 unspecified atom stereocenters. The Hall–Kier alpha value is -2.30. The molecular weight excluding hydrogens is 252 g/mol. The normalized spacial score (nSPS) is 15.4. The number of anilines is 2. The van der Waals surface area contributed by atoms with Crippen LogP contribution in [0.4, 0.5) is 11.5 Å². The van der Waals surface area contributed by atoms with Crippen LogP contribution in [-0.2, 0) is 0 Å². The smallest absolute Gasteiger partial charge is 0.290 e. The summed E-state index contributed by atoms with van der Waals surface area (Å²) in [6.45, 7) is 5.54. The van der Waals surface area contributed by atoms with Crippen molar-refractivity contribution < 1.29 is 0 Å². The third-order valence-corrected chi connectivity index (χ3v) is 3.63. The quantitative estimate of drug-likeness (QED) is 0.896. The molecule has 3 rings (SSSR count). The van der Waals surface area contributed by atoms with Gasteiger partial charge in [0, 0.05) is 44.3 Å². The monoisotopic (exact) mass is 270 g/mol. The summed E-state index contributed by atoms with van der Waals surface area (Å²) in [5.41, 5.74) is 2.40. The van der Waals surface area contributed by atoms with Gasteiger partial charge < -0.3 is 14.8 Å². The zero-order valence-electron chi connectivity index (χ0n) is 11.5. The van der Waals surface area contributed by atoms with Gasteiger partial charge in [-0.2, -0.15) is 0 Å². The minimum Gasteiger partial charge on any atom is -0.368 e. The summed E-state index contributed by atoms with van der Waals surface area (Å²) in [5, 5.41) is 0. The number of nitrogens with zero attached hydrogens (tertiary/aromatic N) is 3. The molecule has 5 heteroatoms. The highest BCUT2D eigenvalue weighted by atomic mass is 16.1. The Balaban J connectivity index is 1.71. The van der Waals surface area contributed by atoms with Crippen LogP contribution in [0.5, 0.6) is 0 Å². The lowest BCUT2D eigenvalue weighted by molar-refractivity contribution is 0.644. The van der Waals surface area contributed by atoms with E-state index in [0.717, 1.165) is 26.2 Å². The van der Waals surface area contributed by atoms with E-state index in [4.69, 9.17) is 0 Å². The number of H-pyrrole nitrogens is 1. The Morgan fingerprint density at radius 1 is 1.15 bits per heavy atom. The third-order valence-electron chi connectivity index (χ3n) is 3.63. The predicted octanol–water partition coefficient (Wildman–Crippen LogP) is 1.40. The Bertz CT molecular complexity index is 644. The highest BCUT2D eigenvalue weighted by Crippen LogP contribution is 2.18. The fourth-order valence-electron chi connectivity index (χ4n) is 2.57. The number of nitrogens with one attached hydrogen (secondary N) is 1. The van der Waals surface area contributed by atoms with E-state index >= 15 is 0 Å². The lowest BCUT2D eigenvalue weighted by atomic mass is 10.2. The molecule has 2 aromatic rings. The highest BCUT2D eigenvalue weighted by molar-refractivity contribution is 5.50. The first-order chi connectivity index (χ1) is 9.74. The van der Waals surface area contributed by atoms with Gasteiger partial charge in [-0.15, -0.1) is 0 Å². The van der Waals surface area contributed by atoms with E-state index in [1.807, 2.05) is 4.90 Å². The molecule has 2 heterocycles. The molecule has 1 aliphatic heterocycles. The van der Waals surface area contributed by atoms with Gasteiger partial charge in [0.2, 0.25) is 0 Å². The molecule has 1 saturated heterocycles. The van der Waals surface area contributed by atoms with E-state index in [-0.39, 0.29) is 5.56 Å². The first kappa shape index (κ1) is 12.7. The Morgan fingerprint density at radius 3 is 2.60 bits per heavy atom. The standard InChI is InChI=1S/C15H18N4O/c1-12-3-2-4-13(11-12)18-7-9-19(10-8-18)14-15(20)17-6-5-16-14/h2-6,11H,7-10H2,1H3,(H,17,20). The zero-order valence-corrected chi connectivity index (χ0v) is 11.5. The van der Waals surface area contributed by atoms with Gasteiger partial charge in [-0.3, -0.25) is 4.79 Å². The Kier molecular flexibility index (Phi) is 3.41. The van der Waals surface area contributed by atoms with Crippen LogP contribution < -0.4 is 15.4 Å². The lowest BCUT2D eigenvalue weighted by Gasteiger charge is -2.36. The number of hydrogen-bond donors (Lipinski definition) is 1. The maximum atomic E-state index is 11.7. The number of rotatable bonds is 2. The van der Waals surface area contributed by atoms with Crippen LogP contribution >= 0.6 is 0 Å². The second kappa shape index (κ2) is 5.36. The maximum Gasteiger partial charge on any atom is 0.290 e. The van der Waals surface area contributed by atoms with Crippen LogP contribution in [0.15, 0.2) is 41.5 Å². The molecule has 0 atom stereocenters. The van der Waals surface area contributed by atoms with E-state index in [2.05, 4.69) is 46.1 Å². The Labute approximate surface area is 117 Å². The Morgan fingerprint density at radius 2 is 1.90 bits per heavy atom. The van der Waals surface area contributed by atoms with Crippen LogP contribution in [0.3, 0.4) is 0 Å². The second-order valence-corrected chi connectivity index (χ2v) is 5.06. The number of aromatic amines is 1. The van der Waals surface area contributed by atoms with Crippen molar-refractivity contribution in [3.63, 3.8) is 0 Å². The van der Waals surface area contributed by atoms with E-state index in [9.17, 15) is 4.79 Å². The van der Waals surface area contributed by atoms with Crippen LogP contribution in [0.2, 0.25) is 0 Å². The first-order valence-corrected chi connectivity index (χ1v) is 6.84. The summed E-state index contributed by atoms with van der Waals surface area (Å²) in [7, 11) is 0. The molecule has 1 fully saturated rings. The summed E-state index contributed by atoms with van der Waals surface area (Å²) in [4.78, 5) is 23.0. The number of aromatic nitrogens is 2. The molecule has 1 aromatic carbocycles. The van der Waals surface area contributed by atoms with Gasteiger partial charge in [-0.1, -0.05) is 12.1 Å². The van der Waals surface area contributed by atoms with Crippen molar-refractivity contribution in [1.82, 2.24) is 9.97 Å². The van der Waals surface area contributed by atoms with Crippen LogP contribution in [0.1, 0.15) is 5.56 Å². The minimum atomic E-state index is -0.114. The molecule has 1 aliphatic rings. The van der Waals surface area contributed by atoms with Crippen molar-refractivity contribution in [2.24, 2.45) is 0 Å². The van der Waals surface area contributed by atoms with Gasteiger partial charge in [-0.25, -0.2) is 4.98 Å². The van der Waals surface area contributed by atoms with Crippen molar-refractivity contribution in [2.45, 2.75) is 6.92 Å². The first-order valence-electron chi connectivity index (χ1n) is 6.84. The van der Waals surface area contributed by atoms with Gasteiger partial charge in [0.05, 0.1) is 0 Å². The molecule has 0 amide bonds. The molecule has 0 saturated carbocycles. The van der Waals surface area contributed by atoms with Crippen molar-refractivity contribution in [3.8, 4) is 0 Å². The molecule has 0 aliphatic carbocycles. The molecule has 20 heavy (non-hydrogen) atoms. The summed E-state index contributed by atoms with van der Waals surface area (Å²) in [5.74, 6) is 0.524. The van der Waals surface area contributed by atoms with Gasteiger partial charge in [0.1, 0.15) is 0 Å². The van der Waals surface area contributed by atoms with Crippen molar-refractivity contribution in [3.05, 3.63) is 52.6 Å². The van der Waals surface area contributed by atoms with E-state index in [0.29, 0.717) is 5.82 Å². The van der Waals surface area contributed by atoms with Crippen molar-refractivity contribution >= 4 is 11.5 Å². The van der Waals surface area contributed by atoms with Crippen LogP contribution in [0, 0.1) is 6.92 Å². The zero-order chi connectivity index (χ0) is 13.9. The van der Waals surface area contributed by atoms with Crippen molar-refractivity contribution in [2.75, 3.05) is 36.0 Å². The largest absolute Gasteiger partial charge is 0.368 e. The molecule has 0 bridgehead atoms. The molecule has 104 valence electrons. The second-order valence-electron chi connectivity index (χ2n) is 5.06. The van der Waals surface area contributed by atoms with E-state index in [1.165, 1.54) is 11.3 Å². The topological polar surface area (TPSA) is 52.2 Å². The average molecular weight is 270 g/mol. The van der Waals surface area contributed by atoms with E-state index < -0.39 is 0 Å². The molecule has 1 N–H and O–H groups in total. The predicted molar refractivity (Wildman–Crippen MR) is 80.5 cm³/mol. The SMILES string of the molecule is Cc1cccc(N2CCN(c3ncc[nH]c3=O)CC2)c1. The van der Waals surface area contributed by atoms with E-state index in [1.54, 1.807) is 12.4 Å². The summed E-state index contributed by atoms with van der Waals surface area (Å²) in [6.07, 6.45) is 3.19. The molecule has 0 spiro atoms. The number of aryl methyl sites for hydroxylation is 1. The van der Waals surface area contributed by atoms with Gasteiger partial charge in [-0.05, 0) is 24.6 Å². The molecule has 1 aromatic heterocycles. The molecular formula is C15H18N4O. The number of hydrogen-bond acceptors (Lipinski definition) is 4.